The topological polar surface area (TPSA) is 185 Å². The van der Waals surface area contributed by atoms with Crippen molar-refractivity contribution in [1.29, 1.82) is 0 Å². The van der Waals surface area contributed by atoms with Crippen LogP contribution in [0.3, 0.4) is 0 Å². The van der Waals surface area contributed by atoms with E-state index >= 15 is 0 Å². The number of halogens is 2. The smallest absolute Gasteiger partial charge is 0.0777 e. The minimum Gasteiger partial charge on any atom is -0.374 e. The van der Waals surface area contributed by atoms with E-state index in [4.69, 9.17) is 37.3 Å². The molecule has 0 atom stereocenters. The minimum absolute atomic E-state index is 1.10. The molecule has 0 saturated heterocycles. The van der Waals surface area contributed by atoms with Crippen molar-refractivity contribution in [3.05, 3.63) is 48.9 Å². The lowest BCUT2D eigenvalue weighted by Crippen LogP contribution is -2.58. The van der Waals surface area contributed by atoms with Gasteiger partial charge in [0.1, 0.15) is 0 Å². The van der Waals surface area contributed by atoms with Gasteiger partial charge in [-0.2, -0.15) is 28.0 Å². The molecule has 0 saturated carbocycles. The van der Waals surface area contributed by atoms with Crippen LogP contribution in [0.25, 0.3) is 0 Å². The molecule has 2 heterocycles. The van der Waals surface area contributed by atoms with Gasteiger partial charge in [0.15, 0.2) is 0 Å². The van der Waals surface area contributed by atoms with Crippen molar-refractivity contribution in [1.82, 2.24) is 9.80 Å². The zero-order chi connectivity index (χ0) is 27.1. The SMILES string of the molecule is C1=CCN(CCCCCCCCCCCCCCN2C=CC=CC2)C=C1.[O-][Cl+3]([O-])([O-])O.[O-][Cl+3]([O-])([O-])O. The van der Waals surface area contributed by atoms with Gasteiger partial charge in [0, 0.05) is 26.2 Å². The number of allylic oxidation sites excluding steroid dienone is 4. The molecule has 0 aliphatic carbocycles. The lowest BCUT2D eigenvalue weighted by atomic mass is 10.0. The van der Waals surface area contributed by atoms with Crippen molar-refractivity contribution in [2.75, 3.05) is 26.2 Å². The summed E-state index contributed by atoms with van der Waals surface area (Å²) in [6, 6.07) is 0. The molecule has 0 radical (unpaired) electrons. The van der Waals surface area contributed by atoms with E-state index in [0.717, 1.165) is 13.1 Å². The summed E-state index contributed by atoms with van der Waals surface area (Å²) in [5.74, 6) is 0. The molecular weight excluding hydrogens is 515 g/mol. The molecule has 0 aromatic carbocycles. The molecule has 12 heteroatoms. The Hall–Kier alpha value is -1.18. The molecule has 0 spiro atoms. The van der Waals surface area contributed by atoms with Crippen molar-refractivity contribution >= 4 is 0 Å². The zero-order valence-corrected chi connectivity index (χ0v) is 22.4. The van der Waals surface area contributed by atoms with Gasteiger partial charge in [0.25, 0.3) is 0 Å². The first-order valence-electron chi connectivity index (χ1n) is 12.4. The Labute approximate surface area is 219 Å². The molecule has 2 aliphatic rings. The van der Waals surface area contributed by atoms with E-state index in [0.29, 0.717) is 0 Å². The highest BCUT2D eigenvalue weighted by atomic mass is 35.7. The first-order valence-corrected chi connectivity index (χ1v) is 14.9. The third-order valence-corrected chi connectivity index (χ3v) is 5.41. The van der Waals surface area contributed by atoms with Gasteiger partial charge in [-0.25, -0.2) is 0 Å². The van der Waals surface area contributed by atoms with E-state index in [-0.39, 0.29) is 0 Å². The molecule has 0 fully saturated rings. The van der Waals surface area contributed by atoms with Crippen molar-refractivity contribution in [2.45, 2.75) is 77.0 Å². The van der Waals surface area contributed by atoms with E-state index in [2.05, 4.69) is 58.7 Å². The van der Waals surface area contributed by atoms with E-state index < -0.39 is 20.5 Å². The lowest BCUT2D eigenvalue weighted by Gasteiger charge is -2.20. The number of nitrogens with zero attached hydrogens (tertiary/aromatic N) is 2. The first-order chi connectivity index (χ1) is 16.9. The quantitative estimate of drug-likeness (QED) is 0.218. The predicted octanol–water partition coefficient (Wildman–Crippen LogP) is -1.81. The highest BCUT2D eigenvalue weighted by molar-refractivity contribution is 5.08. The van der Waals surface area contributed by atoms with Gasteiger partial charge in [0.2, 0.25) is 0 Å². The minimum atomic E-state index is -4.69. The van der Waals surface area contributed by atoms with E-state index in [1.165, 1.54) is 90.1 Å². The number of hydrogen-bond donors (Lipinski definition) is 2. The second-order valence-corrected chi connectivity index (χ2v) is 10.1. The second-order valence-electron chi connectivity index (χ2n) is 8.56. The van der Waals surface area contributed by atoms with Crippen LogP contribution in [0, 0.1) is 20.5 Å². The molecule has 2 aliphatic heterocycles. The number of hydrogen-bond acceptors (Lipinski definition) is 10. The summed E-state index contributed by atoms with van der Waals surface area (Å²) in [5.41, 5.74) is 0. The van der Waals surface area contributed by atoms with Crippen molar-refractivity contribution in [3.8, 4) is 0 Å². The summed E-state index contributed by atoms with van der Waals surface area (Å²) in [6.45, 7) is 4.66. The molecule has 2 N–H and O–H groups in total. The monoisotopic (exact) mass is 556 g/mol. The highest BCUT2D eigenvalue weighted by Gasteiger charge is 2.01. The fourth-order valence-corrected chi connectivity index (χ4v) is 3.74. The third kappa shape index (κ3) is 32.8. The van der Waals surface area contributed by atoms with Crippen LogP contribution in [-0.2, 0) is 0 Å². The normalized spacial score (nSPS) is 14.9. The highest BCUT2D eigenvalue weighted by Crippen LogP contribution is 2.13. The average Bonchev–Trinajstić information content (AvgIpc) is 2.78. The van der Waals surface area contributed by atoms with Gasteiger partial charge in [0.05, 0.1) is 29.8 Å². The van der Waals surface area contributed by atoms with E-state index in [1.54, 1.807) is 0 Å². The summed E-state index contributed by atoms with van der Waals surface area (Å²) < 4.78 is 65.4. The third-order valence-electron chi connectivity index (χ3n) is 5.41. The van der Waals surface area contributed by atoms with Gasteiger partial charge >= 0.3 is 0 Å². The van der Waals surface area contributed by atoms with Crippen molar-refractivity contribution in [3.63, 3.8) is 0 Å². The molecule has 2 rings (SSSR count). The van der Waals surface area contributed by atoms with Crippen molar-refractivity contribution < 1.29 is 57.8 Å². The number of rotatable bonds is 15. The zero-order valence-electron chi connectivity index (χ0n) is 20.9. The lowest BCUT2D eigenvalue weighted by molar-refractivity contribution is -1.92. The molecule has 0 bridgehead atoms. The van der Waals surface area contributed by atoms with E-state index in [9.17, 15) is 0 Å². The Morgan fingerprint density at radius 1 is 0.472 bits per heavy atom. The Kier molecular flexibility index (Phi) is 21.1. The molecule has 0 unspecified atom stereocenters. The van der Waals surface area contributed by atoms with Crippen LogP contribution in [0.2, 0.25) is 0 Å². The van der Waals surface area contributed by atoms with E-state index in [1.807, 2.05) is 0 Å². The Bertz CT molecular complexity index is 569. The maximum atomic E-state index is 8.60. The summed E-state index contributed by atoms with van der Waals surface area (Å²) in [5, 5.41) is 0. The maximum Gasteiger partial charge on any atom is 0.0777 e. The molecule has 0 amide bonds. The van der Waals surface area contributed by atoms with Crippen LogP contribution in [0.5, 0.6) is 0 Å². The summed E-state index contributed by atoms with van der Waals surface area (Å²) >= 11 is 0. The fourth-order valence-electron chi connectivity index (χ4n) is 3.74. The first kappa shape index (κ1) is 34.8. The Balaban J connectivity index is 0.00000104. The van der Waals surface area contributed by atoms with Gasteiger partial charge in [-0.1, -0.05) is 88.5 Å². The fraction of sp³-hybridized carbons (Fsp3) is 0.667. The number of unbranched alkanes of at least 4 members (excludes halogenated alkanes) is 11. The van der Waals surface area contributed by atoms with Crippen molar-refractivity contribution in [2.24, 2.45) is 0 Å². The molecule has 0 aromatic heterocycles. The maximum absolute atomic E-state index is 8.60. The van der Waals surface area contributed by atoms with Crippen LogP contribution >= 0.6 is 0 Å². The largest absolute Gasteiger partial charge is 0.374 e. The molecule has 0 aromatic rings. The van der Waals surface area contributed by atoms with Gasteiger partial charge in [-0.05, 0) is 37.4 Å². The van der Waals surface area contributed by atoms with Gasteiger partial charge in [-0.3, -0.25) is 0 Å². The van der Waals surface area contributed by atoms with Crippen LogP contribution in [0.1, 0.15) is 77.0 Å². The molecule has 210 valence electrons. The second kappa shape index (κ2) is 21.9. The van der Waals surface area contributed by atoms with Gasteiger partial charge < -0.3 is 9.80 Å². The molecule has 10 nitrogen and oxygen atoms in total. The summed E-state index contributed by atoms with van der Waals surface area (Å²) in [7, 11) is -9.39. The standard InChI is InChI=1S/C24H40N2.2ClHO4/c1(3-5-7-9-13-19-25-21-15-11-16-22-25)2-4-6-8-10-14-20-26-23-17-12-18-24-26;2*2-1(3,4)5/h11-12,15-18,21,23H,1-10,13-14,19-20,22,24H2;2*(H,2,3,4,5). The molecule has 36 heavy (non-hydrogen) atoms. The summed E-state index contributed by atoms with van der Waals surface area (Å²) in [6.07, 6.45) is 34.5. The summed E-state index contributed by atoms with van der Waals surface area (Å²) in [4.78, 5) is 4.83. The predicted molar refractivity (Wildman–Crippen MR) is 120 cm³/mol. The van der Waals surface area contributed by atoms with Crippen LogP contribution < -0.4 is 28.0 Å². The van der Waals surface area contributed by atoms with Gasteiger partial charge in [-0.15, -0.1) is 0 Å². The average molecular weight is 558 g/mol. The Morgan fingerprint density at radius 3 is 0.944 bits per heavy atom. The molecular formula is C24H42Cl2N2O8. The van der Waals surface area contributed by atoms with Crippen LogP contribution in [0.15, 0.2) is 48.9 Å². The van der Waals surface area contributed by atoms with Crippen LogP contribution in [-0.4, -0.2) is 45.3 Å². The van der Waals surface area contributed by atoms with Crippen LogP contribution in [0.4, 0.5) is 0 Å². The Morgan fingerprint density at radius 2 is 0.722 bits per heavy atom.